The number of fused-ring (bicyclic) bond motifs is 1. The van der Waals surface area contributed by atoms with Gasteiger partial charge in [0, 0.05) is 19.5 Å². The molecule has 11 nitrogen and oxygen atoms in total. The monoisotopic (exact) mass is 601 g/mol. The molecule has 42 heavy (non-hydrogen) atoms. The second kappa shape index (κ2) is 13.8. The van der Waals surface area contributed by atoms with Gasteiger partial charge in [-0.2, -0.15) is 4.31 Å². The number of nitrogens with zero attached hydrogens (tertiary/aromatic N) is 4. The third-order valence-electron chi connectivity index (χ3n) is 8.12. The second-order valence-electron chi connectivity index (χ2n) is 11.2. The van der Waals surface area contributed by atoms with Crippen molar-refractivity contribution in [2.24, 2.45) is 11.8 Å². The van der Waals surface area contributed by atoms with Crippen molar-refractivity contribution in [2.45, 2.75) is 90.4 Å². The number of H-pyrrole nitrogens is 1. The summed E-state index contributed by atoms with van der Waals surface area (Å²) in [6.45, 7) is 8.76. The molecule has 3 heterocycles. The molecule has 0 radical (unpaired) electrons. The largest absolute Gasteiger partial charge is 0.493 e. The van der Waals surface area contributed by atoms with Gasteiger partial charge in [0.05, 0.1) is 28.7 Å². The van der Waals surface area contributed by atoms with Crippen LogP contribution in [0.15, 0.2) is 27.9 Å². The zero-order valence-electron chi connectivity index (χ0n) is 25.1. The number of rotatable bonds is 14. The summed E-state index contributed by atoms with van der Waals surface area (Å²) in [5, 5.41) is 14.1. The maximum atomic E-state index is 13.6. The minimum absolute atomic E-state index is 0.0295. The number of aliphatic carboxylic acids is 1. The predicted octanol–water partition coefficient (Wildman–Crippen LogP) is 4.82. The van der Waals surface area contributed by atoms with Gasteiger partial charge >= 0.3 is 5.97 Å². The smallest absolute Gasteiger partial charge is 0.306 e. The van der Waals surface area contributed by atoms with E-state index in [1.165, 1.54) is 22.9 Å². The number of ether oxygens (including phenoxy) is 1. The summed E-state index contributed by atoms with van der Waals surface area (Å²) < 4.78 is 36.1. The van der Waals surface area contributed by atoms with Crippen molar-refractivity contribution in [3.63, 3.8) is 0 Å². The fraction of sp³-hybridized carbons (Fsp3) is 0.600. The molecular formula is C30H43N5O6S. The highest BCUT2D eigenvalue weighted by Gasteiger charge is 2.33. The number of carbonyl (C=O) groups is 1. The van der Waals surface area contributed by atoms with E-state index in [1.54, 1.807) is 17.5 Å². The summed E-state index contributed by atoms with van der Waals surface area (Å²) in [7, 11) is -3.92. The Morgan fingerprint density at radius 2 is 1.90 bits per heavy atom. The lowest BCUT2D eigenvalue weighted by Crippen LogP contribution is -2.40. The van der Waals surface area contributed by atoms with E-state index in [9.17, 15) is 23.1 Å². The Labute approximate surface area is 247 Å². The number of benzene rings is 1. The molecule has 3 aromatic rings. The molecule has 1 aliphatic heterocycles. The topological polar surface area (TPSA) is 147 Å². The van der Waals surface area contributed by atoms with Gasteiger partial charge in [-0.05, 0) is 50.3 Å². The van der Waals surface area contributed by atoms with Crippen molar-refractivity contribution in [1.29, 1.82) is 0 Å². The van der Waals surface area contributed by atoms with E-state index in [0.717, 1.165) is 32.1 Å². The number of aromatic amines is 1. The number of unbranched alkanes of at least 4 members (excludes halogenated alkanes) is 2. The van der Waals surface area contributed by atoms with Gasteiger partial charge in [0.1, 0.15) is 11.6 Å². The van der Waals surface area contributed by atoms with E-state index in [-0.39, 0.29) is 42.2 Å². The van der Waals surface area contributed by atoms with Gasteiger partial charge in [-0.1, -0.05) is 52.9 Å². The maximum Gasteiger partial charge on any atom is 0.306 e. The highest BCUT2D eigenvalue weighted by Crippen LogP contribution is 2.33. The van der Waals surface area contributed by atoms with Gasteiger partial charge in [-0.25, -0.2) is 17.9 Å². The average Bonchev–Trinajstić information content (AvgIpc) is 3.30. The van der Waals surface area contributed by atoms with E-state index in [2.05, 4.69) is 18.8 Å². The Morgan fingerprint density at radius 3 is 2.55 bits per heavy atom. The van der Waals surface area contributed by atoms with Crippen LogP contribution in [-0.2, 0) is 21.2 Å². The summed E-state index contributed by atoms with van der Waals surface area (Å²) in [6.07, 6.45) is 7.48. The van der Waals surface area contributed by atoms with Crippen LogP contribution in [0.5, 0.6) is 5.75 Å². The van der Waals surface area contributed by atoms with Crippen LogP contribution in [0.1, 0.15) is 83.7 Å². The molecule has 1 unspecified atom stereocenters. The lowest BCUT2D eigenvalue weighted by Gasteiger charge is -2.29. The van der Waals surface area contributed by atoms with Gasteiger partial charge in [-0.3, -0.25) is 9.59 Å². The normalized spacial score (nSPS) is 15.7. The van der Waals surface area contributed by atoms with Gasteiger partial charge in [0.25, 0.3) is 5.56 Å². The first kappa shape index (κ1) is 31.7. The molecule has 1 aliphatic rings. The second-order valence-corrected chi connectivity index (χ2v) is 13.1. The van der Waals surface area contributed by atoms with Gasteiger partial charge in [0.15, 0.2) is 11.3 Å². The van der Waals surface area contributed by atoms with Crippen LogP contribution in [0.3, 0.4) is 0 Å². The molecule has 12 heteroatoms. The number of sulfonamides is 1. The lowest BCUT2D eigenvalue weighted by molar-refractivity contribution is -0.142. The highest BCUT2D eigenvalue weighted by molar-refractivity contribution is 7.89. The highest BCUT2D eigenvalue weighted by atomic mass is 32.2. The van der Waals surface area contributed by atoms with Crippen LogP contribution >= 0.6 is 0 Å². The summed E-state index contributed by atoms with van der Waals surface area (Å²) >= 11 is 0. The van der Waals surface area contributed by atoms with Crippen molar-refractivity contribution in [3.8, 4) is 17.1 Å². The summed E-state index contributed by atoms with van der Waals surface area (Å²) in [5.74, 6) is 0.264. The standard InChI is InChI=1S/C30H43N5O6S/c1-5-8-9-10-21(7-3)18-26-31-20(4)27-29(36)32-28(33-35(26)27)24-19-23(11-12-25(24)41-17-6-2)42(39,40)34-15-13-22(14-16-34)30(37)38/h11-12,19,21-22H,5-10,13-18H2,1-4H3,(H,37,38)(H,32,33,36). The molecule has 0 bridgehead atoms. The van der Waals surface area contributed by atoms with Crippen molar-refractivity contribution >= 4 is 21.5 Å². The molecule has 1 saturated heterocycles. The summed E-state index contributed by atoms with van der Waals surface area (Å²) in [5.41, 5.74) is 0.965. The molecular weight excluding hydrogens is 558 g/mol. The van der Waals surface area contributed by atoms with Crippen molar-refractivity contribution in [3.05, 3.63) is 40.1 Å². The molecule has 1 atom stereocenters. The van der Waals surface area contributed by atoms with Crippen molar-refractivity contribution in [1.82, 2.24) is 23.9 Å². The molecule has 0 aliphatic carbocycles. The fourth-order valence-corrected chi connectivity index (χ4v) is 7.06. The number of aromatic nitrogens is 4. The van der Waals surface area contributed by atoms with Crippen molar-refractivity contribution < 1.29 is 23.1 Å². The number of carboxylic acid groups (broad SMARTS) is 1. The van der Waals surface area contributed by atoms with Crippen LogP contribution < -0.4 is 10.3 Å². The molecule has 0 saturated carbocycles. The number of carboxylic acids is 1. The maximum absolute atomic E-state index is 13.6. The van der Waals surface area contributed by atoms with E-state index in [4.69, 9.17) is 14.8 Å². The zero-order valence-corrected chi connectivity index (χ0v) is 25.9. The third-order valence-corrected chi connectivity index (χ3v) is 10.0. The minimum Gasteiger partial charge on any atom is -0.493 e. The number of nitrogens with one attached hydrogen (secondary N) is 1. The number of hydrogen-bond acceptors (Lipinski definition) is 7. The molecule has 230 valence electrons. The van der Waals surface area contributed by atoms with Crippen LogP contribution in [0.2, 0.25) is 0 Å². The number of aryl methyl sites for hydroxylation is 1. The SMILES string of the molecule is CCCCCC(CC)Cc1nc(C)c2c(=O)[nH]c(-c3cc(S(=O)(=O)N4CCC(C(=O)O)CC4)ccc3OCCC)nn12. The minimum atomic E-state index is -3.92. The van der Waals surface area contributed by atoms with Crippen LogP contribution in [-0.4, -0.2) is 63.1 Å². The van der Waals surface area contributed by atoms with Crippen LogP contribution in [0.4, 0.5) is 0 Å². The van der Waals surface area contributed by atoms with Gasteiger partial charge in [0.2, 0.25) is 10.0 Å². The summed E-state index contributed by atoms with van der Waals surface area (Å²) in [4.78, 5) is 32.3. The van der Waals surface area contributed by atoms with E-state index < -0.39 is 21.9 Å². The number of imidazole rings is 1. The molecule has 2 N–H and O–H groups in total. The first-order chi connectivity index (χ1) is 20.1. The Hall–Kier alpha value is -3.25. The van der Waals surface area contributed by atoms with Gasteiger partial charge < -0.3 is 14.8 Å². The zero-order chi connectivity index (χ0) is 30.4. The molecule has 4 rings (SSSR count). The molecule has 1 fully saturated rings. The van der Waals surface area contributed by atoms with E-state index in [1.807, 2.05) is 6.92 Å². The van der Waals surface area contributed by atoms with E-state index >= 15 is 0 Å². The molecule has 0 spiro atoms. The quantitative estimate of drug-likeness (QED) is 0.250. The van der Waals surface area contributed by atoms with E-state index in [0.29, 0.717) is 47.3 Å². The van der Waals surface area contributed by atoms with Gasteiger partial charge in [-0.15, -0.1) is 5.10 Å². The molecule has 0 amide bonds. The average molecular weight is 602 g/mol. The lowest BCUT2D eigenvalue weighted by atomic mass is 9.95. The molecule has 2 aromatic heterocycles. The van der Waals surface area contributed by atoms with Crippen LogP contribution in [0, 0.1) is 18.8 Å². The van der Waals surface area contributed by atoms with Crippen LogP contribution in [0.25, 0.3) is 16.9 Å². The first-order valence-electron chi connectivity index (χ1n) is 15.1. The number of piperidine rings is 1. The Kier molecular flexibility index (Phi) is 10.4. The first-order valence-corrected chi connectivity index (χ1v) is 16.5. The predicted molar refractivity (Wildman–Crippen MR) is 160 cm³/mol. The third kappa shape index (κ3) is 6.86. The Bertz CT molecular complexity index is 1560. The Morgan fingerprint density at radius 1 is 1.17 bits per heavy atom. The van der Waals surface area contributed by atoms with Crippen molar-refractivity contribution in [2.75, 3.05) is 19.7 Å². The Balaban J connectivity index is 1.75. The fourth-order valence-electron chi connectivity index (χ4n) is 5.57. The number of hydrogen-bond donors (Lipinski definition) is 2. The molecule has 1 aromatic carbocycles. The summed E-state index contributed by atoms with van der Waals surface area (Å²) in [6, 6.07) is 4.56.